The third-order valence-corrected chi connectivity index (χ3v) is 3.86. The van der Waals surface area contributed by atoms with Gasteiger partial charge in [0.15, 0.2) is 0 Å². The number of rotatable bonds is 8. The lowest BCUT2D eigenvalue weighted by Gasteiger charge is -2.08. The Balaban J connectivity index is 2.01. The molecule has 0 aliphatic rings. The van der Waals surface area contributed by atoms with Gasteiger partial charge < -0.3 is 9.47 Å². The van der Waals surface area contributed by atoms with Crippen molar-refractivity contribution in [3.63, 3.8) is 0 Å². The fraction of sp³-hybridized carbons (Fsp3) is 0.300. The summed E-state index contributed by atoms with van der Waals surface area (Å²) in [5.41, 5.74) is 4.51. The highest BCUT2D eigenvalue weighted by Crippen LogP contribution is 2.25. The smallest absolute Gasteiger partial charge is 0.271 e. The first-order chi connectivity index (χ1) is 12.5. The molecule has 2 aromatic rings. The number of hydrazone groups is 1. The van der Waals surface area contributed by atoms with Crippen LogP contribution in [0.3, 0.4) is 0 Å². The summed E-state index contributed by atoms with van der Waals surface area (Å²) in [6, 6.07) is 12.4. The number of hydrogen-bond donors (Lipinski definition) is 1. The summed E-state index contributed by atoms with van der Waals surface area (Å²) in [4.78, 5) is 12.2. The van der Waals surface area contributed by atoms with Crippen LogP contribution in [0.15, 0.2) is 47.6 Å². The van der Waals surface area contributed by atoms with Crippen LogP contribution < -0.4 is 14.9 Å². The van der Waals surface area contributed by atoms with Crippen LogP contribution in [0.1, 0.15) is 43.1 Å². The number of benzene rings is 2. The molecule has 0 radical (unpaired) electrons. The highest BCUT2D eigenvalue weighted by molar-refractivity contribution is 6.32. The predicted molar refractivity (Wildman–Crippen MR) is 105 cm³/mol. The Kier molecular flexibility index (Phi) is 7.48. The lowest BCUT2D eigenvalue weighted by molar-refractivity contribution is 0.0955. The summed E-state index contributed by atoms with van der Waals surface area (Å²) in [6.07, 6.45) is 0.936. The van der Waals surface area contributed by atoms with Crippen LogP contribution in [-0.2, 0) is 0 Å². The van der Waals surface area contributed by atoms with Gasteiger partial charge >= 0.3 is 0 Å². The molecule has 0 heterocycles. The van der Waals surface area contributed by atoms with Gasteiger partial charge in [-0.2, -0.15) is 5.10 Å². The van der Waals surface area contributed by atoms with Crippen LogP contribution in [0.4, 0.5) is 0 Å². The van der Waals surface area contributed by atoms with Crippen LogP contribution in [0.25, 0.3) is 0 Å². The van der Waals surface area contributed by atoms with Crippen molar-refractivity contribution in [3.05, 3.63) is 58.6 Å². The van der Waals surface area contributed by atoms with Gasteiger partial charge in [-0.3, -0.25) is 4.79 Å². The maximum Gasteiger partial charge on any atom is 0.271 e. The number of carbonyl (C=O) groups excluding carboxylic acids is 1. The monoisotopic (exact) mass is 374 g/mol. The van der Waals surface area contributed by atoms with E-state index in [-0.39, 0.29) is 5.91 Å². The SMILES string of the molecule is CCCOc1ccc(C(=O)N/N=C(/C)c2ccc(OCC)c(Cl)c2)cc1. The largest absolute Gasteiger partial charge is 0.494 e. The van der Waals surface area contributed by atoms with E-state index < -0.39 is 0 Å². The van der Waals surface area contributed by atoms with Gasteiger partial charge in [0, 0.05) is 5.56 Å². The van der Waals surface area contributed by atoms with E-state index in [0.717, 1.165) is 17.7 Å². The quantitative estimate of drug-likeness (QED) is 0.539. The fourth-order valence-corrected chi connectivity index (χ4v) is 2.42. The fourth-order valence-electron chi connectivity index (χ4n) is 2.18. The Morgan fingerprint density at radius 1 is 1.08 bits per heavy atom. The van der Waals surface area contributed by atoms with Crippen molar-refractivity contribution in [2.75, 3.05) is 13.2 Å². The molecule has 0 aliphatic carbocycles. The van der Waals surface area contributed by atoms with Crippen LogP contribution >= 0.6 is 11.6 Å². The summed E-state index contributed by atoms with van der Waals surface area (Å²) in [5, 5.41) is 4.65. The second-order valence-corrected chi connectivity index (χ2v) is 6.00. The number of ether oxygens (including phenoxy) is 2. The molecule has 26 heavy (non-hydrogen) atoms. The average Bonchev–Trinajstić information content (AvgIpc) is 2.66. The van der Waals surface area contributed by atoms with Crippen LogP contribution in [0, 0.1) is 0 Å². The summed E-state index contributed by atoms with van der Waals surface area (Å²) in [5.74, 6) is 1.08. The molecule has 5 nitrogen and oxygen atoms in total. The Morgan fingerprint density at radius 3 is 2.38 bits per heavy atom. The lowest BCUT2D eigenvalue weighted by atomic mass is 10.1. The van der Waals surface area contributed by atoms with Crippen LogP contribution in [-0.4, -0.2) is 24.8 Å². The Hall–Kier alpha value is -2.53. The topological polar surface area (TPSA) is 59.9 Å². The van der Waals surface area contributed by atoms with Gasteiger partial charge in [0.2, 0.25) is 0 Å². The maximum absolute atomic E-state index is 12.2. The number of halogens is 1. The first-order valence-corrected chi connectivity index (χ1v) is 8.93. The van der Waals surface area contributed by atoms with Crippen molar-refractivity contribution < 1.29 is 14.3 Å². The van der Waals surface area contributed by atoms with Gasteiger partial charge in [0.25, 0.3) is 5.91 Å². The molecule has 0 aromatic heterocycles. The second kappa shape index (κ2) is 9.82. The van der Waals surface area contributed by atoms with E-state index in [1.807, 2.05) is 19.9 Å². The zero-order valence-corrected chi connectivity index (χ0v) is 16.0. The minimum atomic E-state index is -0.288. The maximum atomic E-state index is 12.2. The van der Waals surface area contributed by atoms with E-state index in [2.05, 4.69) is 10.5 Å². The Bertz CT molecular complexity index is 773. The van der Waals surface area contributed by atoms with Gasteiger partial charge in [0.05, 0.1) is 23.9 Å². The molecule has 138 valence electrons. The average molecular weight is 375 g/mol. The van der Waals surface area contributed by atoms with E-state index >= 15 is 0 Å². The first-order valence-electron chi connectivity index (χ1n) is 8.55. The molecular formula is C20H23ClN2O3. The van der Waals surface area contributed by atoms with Gasteiger partial charge in [-0.25, -0.2) is 5.43 Å². The van der Waals surface area contributed by atoms with E-state index in [4.69, 9.17) is 21.1 Å². The zero-order valence-electron chi connectivity index (χ0n) is 15.2. The zero-order chi connectivity index (χ0) is 18.9. The molecular weight excluding hydrogens is 352 g/mol. The normalized spacial score (nSPS) is 11.2. The summed E-state index contributed by atoms with van der Waals surface area (Å²) < 4.78 is 10.9. The van der Waals surface area contributed by atoms with Crippen LogP contribution in [0.2, 0.25) is 5.02 Å². The summed E-state index contributed by atoms with van der Waals surface area (Å²) in [6.45, 7) is 6.94. The minimum Gasteiger partial charge on any atom is -0.494 e. The Labute approximate surface area is 159 Å². The van der Waals surface area contributed by atoms with Crippen molar-refractivity contribution in [1.29, 1.82) is 0 Å². The van der Waals surface area contributed by atoms with Crippen molar-refractivity contribution in [3.8, 4) is 11.5 Å². The number of hydrogen-bond acceptors (Lipinski definition) is 4. The molecule has 0 atom stereocenters. The molecule has 2 aromatic carbocycles. The highest BCUT2D eigenvalue weighted by Gasteiger charge is 2.07. The molecule has 1 N–H and O–H groups in total. The molecule has 2 rings (SSSR count). The molecule has 6 heteroatoms. The van der Waals surface area contributed by atoms with Crippen LogP contribution in [0.5, 0.6) is 11.5 Å². The van der Waals surface area contributed by atoms with Crippen molar-refractivity contribution in [2.45, 2.75) is 27.2 Å². The number of carbonyl (C=O) groups is 1. The van der Waals surface area contributed by atoms with Gasteiger partial charge in [0.1, 0.15) is 11.5 Å². The number of amides is 1. The third-order valence-electron chi connectivity index (χ3n) is 3.56. The predicted octanol–water partition coefficient (Wildman–Crippen LogP) is 4.68. The van der Waals surface area contributed by atoms with E-state index in [9.17, 15) is 4.79 Å². The summed E-state index contributed by atoms with van der Waals surface area (Å²) >= 11 is 6.18. The number of nitrogens with zero attached hydrogens (tertiary/aromatic N) is 1. The van der Waals surface area contributed by atoms with E-state index in [0.29, 0.717) is 35.3 Å². The van der Waals surface area contributed by atoms with E-state index in [1.54, 1.807) is 43.3 Å². The number of nitrogens with one attached hydrogen (secondary N) is 1. The molecule has 0 saturated heterocycles. The molecule has 0 bridgehead atoms. The molecule has 0 aliphatic heterocycles. The van der Waals surface area contributed by atoms with Crippen molar-refractivity contribution >= 4 is 23.2 Å². The van der Waals surface area contributed by atoms with Crippen molar-refractivity contribution in [1.82, 2.24) is 5.43 Å². The highest BCUT2D eigenvalue weighted by atomic mass is 35.5. The van der Waals surface area contributed by atoms with Gasteiger partial charge in [-0.1, -0.05) is 18.5 Å². The Morgan fingerprint density at radius 2 is 1.77 bits per heavy atom. The molecule has 0 fully saturated rings. The molecule has 0 spiro atoms. The third kappa shape index (κ3) is 5.49. The minimum absolute atomic E-state index is 0.288. The van der Waals surface area contributed by atoms with Crippen molar-refractivity contribution in [2.24, 2.45) is 5.10 Å². The first kappa shape index (κ1) is 19.8. The molecule has 1 amide bonds. The van der Waals surface area contributed by atoms with Gasteiger partial charge in [-0.15, -0.1) is 0 Å². The van der Waals surface area contributed by atoms with E-state index in [1.165, 1.54) is 0 Å². The summed E-state index contributed by atoms with van der Waals surface area (Å²) in [7, 11) is 0. The molecule has 0 unspecified atom stereocenters. The molecule has 0 saturated carbocycles. The second-order valence-electron chi connectivity index (χ2n) is 5.59. The van der Waals surface area contributed by atoms with Gasteiger partial charge in [-0.05, 0) is 68.3 Å². The lowest BCUT2D eigenvalue weighted by Crippen LogP contribution is -2.19. The standard InChI is InChI=1S/C20H23ClN2O3/c1-4-12-26-17-9-6-15(7-10-17)20(24)23-22-14(3)16-8-11-19(25-5-2)18(21)13-16/h6-11,13H,4-5,12H2,1-3H3,(H,23,24)/b22-14-.